The van der Waals surface area contributed by atoms with Crippen LogP contribution in [0.3, 0.4) is 0 Å². The fraction of sp³-hybridized carbons (Fsp3) is 0.238. The molecule has 4 heteroatoms. The highest BCUT2D eigenvalue weighted by atomic mass is 16.5. The minimum atomic E-state index is -0.529. The van der Waals surface area contributed by atoms with Crippen molar-refractivity contribution >= 4 is 18.0 Å². The van der Waals surface area contributed by atoms with Gasteiger partial charge in [-0.2, -0.15) is 0 Å². The molecular formula is C21H23NO3. The normalized spacial score (nSPS) is 10.7. The lowest BCUT2D eigenvalue weighted by Crippen LogP contribution is -2.30. The maximum absolute atomic E-state index is 12.1. The van der Waals surface area contributed by atoms with Crippen LogP contribution in [0.2, 0.25) is 0 Å². The van der Waals surface area contributed by atoms with Crippen molar-refractivity contribution in [1.29, 1.82) is 0 Å². The zero-order chi connectivity index (χ0) is 18.2. The minimum Gasteiger partial charge on any atom is -0.452 e. The van der Waals surface area contributed by atoms with Gasteiger partial charge in [-0.05, 0) is 36.6 Å². The number of carbonyl (C=O) groups excluding carboxylic acids is 2. The van der Waals surface area contributed by atoms with Crippen LogP contribution in [0.5, 0.6) is 0 Å². The number of amides is 1. The Balaban J connectivity index is 1.82. The molecule has 0 aliphatic rings. The molecule has 0 bridgehead atoms. The van der Waals surface area contributed by atoms with Crippen LogP contribution in [0.15, 0.2) is 54.6 Å². The van der Waals surface area contributed by atoms with Crippen LogP contribution in [-0.2, 0) is 20.9 Å². The van der Waals surface area contributed by atoms with Gasteiger partial charge in [-0.1, -0.05) is 54.1 Å². The summed E-state index contributed by atoms with van der Waals surface area (Å²) in [5, 5.41) is 0. The first-order valence-corrected chi connectivity index (χ1v) is 8.15. The van der Waals surface area contributed by atoms with Crippen molar-refractivity contribution in [2.24, 2.45) is 0 Å². The third-order valence-electron chi connectivity index (χ3n) is 3.89. The number of nitrogens with zero attached hydrogens (tertiary/aromatic N) is 1. The first kappa shape index (κ1) is 18.5. The van der Waals surface area contributed by atoms with E-state index in [-0.39, 0.29) is 12.5 Å². The van der Waals surface area contributed by atoms with E-state index in [0.29, 0.717) is 6.54 Å². The van der Waals surface area contributed by atoms with Crippen LogP contribution >= 0.6 is 0 Å². The highest BCUT2D eigenvalue weighted by Gasteiger charge is 2.12. The standard InChI is InChI=1S/C21H23NO3/c1-16-7-6-9-18(13-16)11-12-21(24)25-15-20(23)22(3)14-19-10-5-4-8-17(19)2/h4-13H,14-15H2,1-3H3/b12-11+. The number of carbonyl (C=O) groups is 2. The first-order valence-electron chi connectivity index (χ1n) is 8.15. The molecule has 0 unspecified atom stereocenters. The SMILES string of the molecule is Cc1cccc(/C=C/C(=O)OCC(=O)N(C)Cc2ccccc2C)c1. The largest absolute Gasteiger partial charge is 0.452 e. The Bertz CT molecular complexity index is 780. The summed E-state index contributed by atoms with van der Waals surface area (Å²) in [6.45, 7) is 4.21. The minimum absolute atomic E-state index is 0.236. The summed E-state index contributed by atoms with van der Waals surface area (Å²) in [4.78, 5) is 25.4. The van der Waals surface area contributed by atoms with Gasteiger partial charge in [0.05, 0.1) is 0 Å². The average Bonchev–Trinajstić information content (AvgIpc) is 2.59. The quantitative estimate of drug-likeness (QED) is 0.598. The molecule has 2 aromatic carbocycles. The first-order chi connectivity index (χ1) is 12.0. The zero-order valence-electron chi connectivity index (χ0n) is 14.9. The average molecular weight is 337 g/mol. The Kier molecular flexibility index (Phi) is 6.52. The summed E-state index contributed by atoms with van der Waals surface area (Å²) >= 11 is 0. The highest BCUT2D eigenvalue weighted by Crippen LogP contribution is 2.10. The fourth-order valence-corrected chi connectivity index (χ4v) is 2.36. The van der Waals surface area contributed by atoms with E-state index < -0.39 is 5.97 Å². The summed E-state index contributed by atoms with van der Waals surface area (Å²) in [6, 6.07) is 15.7. The molecule has 0 N–H and O–H groups in total. The highest BCUT2D eigenvalue weighted by molar-refractivity contribution is 5.89. The maximum atomic E-state index is 12.1. The van der Waals surface area contributed by atoms with Crippen LogP contribution in [0.1, 0.15) is 22.3 Å². The monoisotopic (exact) mass is 337 g/mol. The molecule has 0 saturated heterocycles. The molecule has 2 aromatic rings. The molecule has 0 fully saturated rings. The van der Waals surface area contributed by atoms with Crippen molar-refractivity contribution in [3.05, 3.63) is 76.9 Å². The van der Waals surface area contributed by atoms with E-state index in [1.54, 1.807) is 18.0 Å². The molecule has 0 heterocycles. The van der Waals surface area contributed by atoms with E-state index in [4.69, 9.17) is 4.74 Å². The second kappa shape index (κ2) is 8.83. The van der Waals surface area contributed by atoms with Gasteiger partial charge in [0.25, 0.3) is 5.91 Å². The van der Waals surface area contributed by atoms with Gasteiger partial charge in [0.1, 0.15) is 0 Å². The van der Waals surface area contributed by atoms with Gasteiger partial charge in [-0.25, -0.2) is 4.79 Å². The molecule has 2 rings (SSSR count). The molecule has 0 atom stereocenters. The Labute approximate surface area is 148 Å². The number of esters is 1. The van der Waals surface area contributed by atoms with Gasteiger partial charge in [0.2, 0.25) is 0 Å². The van der Waals surface area contributed by atoms with E-state index >= 15 is 0 Å². The fourth-order valence-electron chi connectivity index (χ4n) is 2.36. The molecule has 4 nitrogen and oxygen atoms in total. The van der Waals surface area contributed by atoms with Gasteiger partial charge in [-0.15, -0.1) is 0 Å². The van der Waals surface area contributed by atoms with Crippen LogP contribution < -0.4 is 0 Å². The van der Waals surface area contributed by atoms with E-state index in [9.17, 15) is 9.59 Å². The van der Waals surface area contributed by atoms with Gasteiger partial charge in [0, 0.05) is 19.7 Å². The summed E-state index contributed by atoms with van der Waals surface area (Å²) in [5.74, 6) is -0.764. The van der Waals surface area contributed by atoms with Crippen molar-refractivity contribution < 1.29 is 14.3 Å². The number of aryl methyl sites for hydroxylation is 2. The zero-order valence-corrected chi connectivity index (χ0v) is 14.9. The Morgan fingerprint density at radius 2 is 1.84 bits per heavy atom. The molecule has 0 aromatic heterocycles. The maximum Gasteiger partial charge on any atom is 0.331 e. The third kappa shape index (κ3) is 5.92. The summed E-state index contributed by atoms with van der Waals surface area (Å²) in [6.07, 6.45) is 3.01. The summed E-state index contributed by atoms with van der Waals surface area (Å²) in [5.41, 5.74) is 4.23. The lowest BCUT2D eigenvalue weighted by molar-refractivity contribution is -0.147. The summed E-state index contributed by atoms with van der Waals surface area (Å²) in [7, 11) is 1.70. The van der Waals surface area contributed by atoms with Crippen molar-refractivity contribution in [3.63, 3.8) is 0 Å². The Hall–Kier alpha value is -2.88. The molecule has 1 amide bonds. The predicted molar refractivity (Wildman–Crippen MR) is 98.8 cm³/mol. The Morgan fingerprint density at radius 1 is 1.08 bits per heavy atom. The number of hydrogen-bond donors (Lipinski definition) is 0. The second-order valence-corrected chi connectivity index (χ2v) is 6.03. The molecule has 25 heavy (non-hydrogen) atoms. The predicted octanol–water partition coefficient (Wildman–Crippen LogP) is 3.52. The molecule has 0 spiro atoms. The third-order valence-corrected chi connectivity index (χ3v) is 3.89. The van der Waals surface area contributed by atoms with E-state index in [2.05, 4.69) is 0 Å². The molecule has 0 aliphatic heterocycles. The van der Waals surface area contributed by atoms with E-state index in [1.165, 1.54) is 6.08 Å². The van der Waals surface area contributed by atoms with Gasteiger partial charge >= 0.3 is 5.97 Å². The molecule has 130 valence electrons. The van der Waals surface area contributed by atoms with Crippen LogP contribution in [0.4, 0.5) is 0 Å². The number of likely N-dealkylation sites (N-methyl/N-ethyl adjacent to an activating group) is 1. The number of ether oxygens (including phenoxy) is 1. The number of rotatable bonds is 6. The van der Waals surface area contributed by atoms with Crippen LogP contribution in [0, 0.1) is 13.8 Å². The van der Waals surface area contributed by atoms with Crippen molar-refractivity contribution in [2.45, 2.75) is 20.4 Å². The molecule has 0 aliphatic carbocycles. The molecular weight excluding hydrogens is 314 g/mol. The van der Waals surface area contributed by atoms with Gasteiger partial charge < -0.3 is 9.64 Å². The summed E-state index contributed by atoms with van der Waals surface area (Å²) < 4.78 is 5.03. The smallest absolute Gasteiger partial charge is 0.331 e. The second-order valence-electron chi connectivity index (χ2n) is 6.03. The van der Waals surface area contributed by atoms with Crippen LogP contribution in [-0.4, -0.2) is 30.4 Å². The topological polar surface area (TPSA) is 46.6 Å². The van der Waals surface area contributed by atoms with E-state index in [1.807, 2.05) is 62.4 Å². The molecule has 0 saturated carbocycles. The van der Waals surface area contributed by atoms with E-state index in [0.717, 1.165) is 22.3 Å². The van der Waals surface area contributed by atoms with Crippen molar-refractivity contribution in [1.82, 2.24) is 4.90 Å². The Morgan fingerprint density at radius 3 is 2.56 bits per heavy atom. The van der Waals surface area contributed by atoms with Crippen molar-refractivity contribution in [3.8, 4) is 0 Å². The van der Waals surface area contributed by atoms with Gasteiger partial charge in [0.15, 0.2) is 6.61 Å². The molecule has 0 radical (unpaired) electrons. The van der Waals surface area contributed by atoms with Crippen molar-refractivity contribution in [2.75, 3.05) is 13.7 Å². The van der Waals surface area contributed by atoms with Gasteiger partial charge in [-0.3, -0.25) is 4.79 Å². The lowest BCUT2D eigenvalue weighted by Gasteiger charge is -2.18. The number of hydrogen-bond acceptors (Lipinski definition) is 3. The lowest BCUT2D eigenvalue weighted by atomic mass is 10.1. The van der Waals surface area contributed by atoms with Crippen LogP contribution in [0.25, 0.3) is 6.08 Å². The number of benzene rings is 2.